The lowest BCUT2D eigenvalue weighted by Crippen LogP contribution is -2.53. The van der Waals surface area contributed by atoms with Crippen molar-refractivity contribution in [3.63, 3.8) is 0 Å². The van der Waals surface area contributed by atoms with Crippen LogP contribution in [0.3, 0.4) is 0 Å². The topological polar surface area (TPSA) is 87.7 Å². The van der Waals surface area contributed by atoms with Crippen LogP contribution in [0.2, 0.25) is 0 Å². The molecule has 18 heavy (non-hydrogen) atoms. The summed E-state index contributed by atoms with van der Waals surface area (Å²) in [5, 5.41) is 14.3. The summed E-state index contributed by atoms with van der Waals surface area (Å²) >= 11 is 0. The minimum Gasteiger partial charge on any atom is -0.409 e. The van der Waals surface area contributed by atoms with Crippen LogP contribution in [0.5, 0.6) is 0 Å². The van der Waals surface area contributed by atoms with Crippen molar-refractivity contribution in [2.75, 3.05) is 0 Å². The summed E-state index contributed by atoms with van der Waals surface area (Å²) in [4.78, 5) is 12.2. The second-order valence-electron chi connectivity index (χ2n) is 4.81. The highest BCUT2D eigenvalue weighted by Crippen LogP contribution is 2.14. The molecule has 1 amide bonds. The first kappa shape index (κ1) is 14.0. The lowest BCUT2D eigenvalue weighted by atomic mass is 10.00. The Balaban J connectivity index is 3.00. The molecule has 0 atom stereocenters. The van der Waals surface area contributed by atoms with E-state index in [0.717, 1.165) is 11.1 Å². The molecule has 0 saturated carbocycles. The maximum absolute atomic E-state index is 12.2. The number of rotatable bonds is 3. The van der Waals surface area contributed by atoms with E-state index in [1.54, 1.807) is 19.9 Å². The maximum Gasteiger partial charge on any atom is 0.252 e. The molecular weight excluding hydrogens is 230 g/mol. The van der Waals surface area contributed by atoms with Crippen molar-refractivity contribution in [3.8, 4) is 0 Å². The molecule has 0 saturated heterocycles. The third kappa shape index (κ3) is 2.80. The van der Waals surface area contributed by atoms with E-state index < -0.39 is 5.54 Å². The average molecular weight is 249 g/mol. The number of amides is 1. The molecule has 0 spiro atoms. The van der Waals surface area contributed by atoms with Crippen LogP contribution in [-0.2, 0) is 0 Å². The summed E-state index contributed by atoms with van der Waals surface area (Å²) in [6.07, 6.45) is 0. The first-order chi connectivity index (χ1) is 8.29. The summed E-state index contributed by atoms with van der Waals surface area (Å²) in [7, 11) is 0. The minimum atomic E-state index is -0.901. The van der Waals surface area contributed by atoms with Crippen LogP contribution >= 0.6 is 0 Å². The molecule has 5 heteroatoms. The molecule has 0 aliphatic rings. The van der Waals surface area contributed by atoms with Gasteiger partial charge in [0.05, 0.1) is 5.54 Å². The summed E-state index contributed by atoms with van der Waals surface area (Å²) in [5.74, 6) is -0.283. The predicted molar refractivity (Wildman–Crippen MR) is 70.9 cm³/mol. The van der Waals surface area contributed by atoms with Crippen LogP contribution in [-0.4, -0.2) is 22.5 Å². The molecule has 0 fully saturated rings. The number of carbonyl (C=O) groups is 1. The molecule has 1 aromatic rings. The monoisotopic (exact) mass is 249 g/mol. The average Bonchev–Trinajstić information content (AvgIpc) is 2.30. The quantitative estimate of drug-likeness (QED) is 0.329. The smallest absolute Gasteiger partial charge is 0.252 e. The Kier molecular flexibility index (Phi) is 3.96. The standard InChI is InChI=1S/C13H19N3O2/c1-8-6-5-7-10(9(8)2)11(17)15-13(3,4)12(14)16-18/h5-7,18H,1-4H3,(H2,14,16)(H,15,17). The molecule has 98 valence electrons. The molecular formula is C13H19N3O2. The van der Waals surface area contributed by atoms with Crippen molar-refractivity contribution in [2.45, 2.75) is 33.2 Å². The van der Waals surface area contributed by atoms with Gasteiger partial charge in [-0.1, -0.05) is 17.3 Å². The largest absolute Gasteiger partial charge is 0.409 e. The van der Waals surface area contributed by atoms with Gasteiger partial charge in [-0.15, -0.1) is 0 Å². The maximum atomic E-state index is 12.2. The van der Waals surface area contributed by atoms with Gasteiger partial charge in [-0.25, -0.2) is 0 Å². The van der Waals surface area contributed by atoms with Crippen LogP contribution in [0, 0.1) is 13.8 Å². The fourth-order valence-electron chi connectivity index (χ4n) is 1.54. The van der Waals surface area contributed by atoms with Gasteiger partial charge < -0.3 is 16.3 Å². The van der Waals surface area contributed by atoms with E-state index in [1.165, 1.54) is 0 Å². The number of carbonyl (C=O) groups excluding carboxylic acids is 1. The Labute approximate surface area is 107 Å². The molecule has 0 unspecified atom stereocenters. The number of benzene rings is 1. The Bertz CT molecular complexity index is 493. The van der Waals surface area contributed by atoms with E-state index in [1.807, 2.05) is 26.0 Å². The van der Waals surface area contributed by atoms with Crippen molar-refractivity contribution in [1.29, 1.82) is 0 Å². The molecule has 4 N–H and O–H groups in total. The summed E-state index contributed by atoms with van der Waals surface area (Å²) < 4.78 is 0. The lowest BCUT2D eigenvalue weighted by molar-refractivity contribution is 0.0930. The third-order valence-electron chi connectivity index (χ3n) is 3.02. The minimum absolute atomic E-state index is 0.0406. The first-order valence-corrected chi connectivity index (χ1v) is 5.66. The predicted octanol–water partition coefficient (Wildman–Crippen LogP) is 1.56. The van der Waals surface area contributed by atoms with Gasteiger partial charge in [0, 0.05) is 5.56 Å². The van der Waals surface area contributed by atoms with Gasteiger partial charge >= 0.3 is 0 Å². The molecule has 1 rings (SSSR count). The lowest BCUT2D eigenvalue weighted by Gasteiger charge is -2.25. The molecule has 1 aromatic carbocycles. The second-order valence-corrected chi connectivity index (χ2v) is 4.81. The van der Waals surface area contributed by atoms with E-state index >= 15 is 0 Å². The Hall–Kier alpha value is -2.04. The fraction of sp³-hybridized carbons (Fsp3) is 0.385. The molecule has 0 aliphatic carbocycles. The third-order valence-corrected chi connectivity index (χ3v) is 3.02. The highest BCUT2D eigenvalue weighted by molar-refractivity contribution is 6.00. The fourth-order valence-corrected chi connectivity index (χ4v) is 1.54. The summed E-state index contributed by atoms with van der Waals surface area (Å²) in [6.45, 7) is 7.18. The zero-order chi connectivity index (χ0) is 13.9. The number of aryl methyl sites for hydroxylation is 1. The highest BCUT2D eigenvalue weighted by Gasteiger charge is 2.26. The zero-order valence-corrected chi connectivity index (χ0v) is 11.1. The van der Waals surface area contributed by atoms with Crippen LogP contribution in [0.15, 0.2) is 23.4 Å². The molecule has 0 bridgehead atoms. The number of nitrogens with one attached hydrogen (secondary N) is 1. The zero-order valence-electron chi connectivity index (χ0n) is 11.1. The molecule has 0 aliphatic heterocycles. The number of oxime groups is 1. The van der Waals surface area contributed by atoms with Crippen LogP contribution in [0.25, 0.3) is 0 Å². The highest BCUT2D eigenvalue weighted by atomic mass is 16.4. The van der Waals surface area contributed by atoms with Crippen LogP contribution in [0.1, 0.15) is 35.3 Å². The van der Waals surface area contributed by atoms with E-state index in [4.69, 9.17) is 10.9 Å². The van der Waals surface area contributed by atoms with Crippen molar-refractivity contribution in [1.82, 2.24) is 5.32 Å². The number of hydrogen-bond acceptors (Lipinski definition) is 3. The number of nitrogens with two attached hydrogens (primary N) is 1. The van der Waals surface area contributed by atoms with Crippen molar-refractivity contribution in [2.24, 2.45) is 10.9 Å². The van der Waals surface area contributed by atoms with E-state index in [2.05, 4.69) is 10.5 Å². The SMILES string of the molecule is Cc1cccc(C(=O)NC(C)(C)/C(N)=N/O)c1C. The van der Waals surface area contributed by atoms with Crippen LogP contribution in [0.4, 0.5) is 0 Å². The molecule has 5 nitrogen and oxygen atoms in total. The van der Waals surface area contributed by atoms with E-state index in [9.17, 15) is 4.79 Å². The van der Waals surface area contributed by atoms with Gasteiger partial charge in [-0.2, -0.15) is 0 Å². The summed E-state index contributed by atoms with van der Waals surface area (Å²) in [6, 6.07) is 5.52. The van der Waals surface area contributed by atoms with Gasteiger partial charge in [-0.3, -0.25) is 4.79 Å². The van der Waals surface area contributed by atoms with Gasteiger partial charge in [0.15, 0.2) is 5.84 Å². The number of nitrogens with zero attached hydrogens (tertiary/aromatic N) is 1. The van der Waals surface area contributed by atoms with Crippen molar-refractivity contribution in [3.05, 3.63) is 34.9 Å². The second kappa shape index (κ2) is 5.08. The van der Waals surface area contributed by atoms with Crippen molar-refractivity contribution < 1.29 is 10.0 Å². The Morgan fingerprint density at radius 2 is 2.00 bits per heavy atom. The van der Waals surface area contributed by atoms with Gasteiger partial charge in [0.25, 0.3) is 5.91 Å². The molecule has 0 aromatic heterocycles. The van der Waals surface area contributed by atoms with Crippen molar-refractivity contribution >= 4 is 11.7 Å². The summed E-state index contributed by atoms with van der Waals surface area (Å²) in [5.41, 5.74) is 7.19. The van der Waals surface area contributed by atoms with E-state index in [0.29, 0.717) is 5.56 Å². The normalized spacial score (nSPS) is 12.3. The molecule has 0 radical (unpaired) electrons. The number of hydrogen-bond donors (Lipinski definition) is 3. The van der Waals surface area contributed by atoms with Gasteiger partial charge in [-0.05, 0) is 44.9 Å². The van der Waals surface area contributed by atoms with Gasteiger partial charge in [0.1, 0.15) is 0 Å². The van der Waals surface area contributed by atoms with Gasteiger partial charge in [0.2, 0.25) is 0 Å². The van der Waals surface area contributed by atoms with E-state index in [-0.39, 0.29) is 11.7 Å². The first-order valence-electron chi connectivity index (χ1n) is 5.66. The van der Waals surface area contributed by atoms with Crippen LogP contribution < -0.4 is 11.1 Å². The Morgan fingerprint density at radius 3 is 2.56 bits per heavy atom. The number of amidine groups is 1. The molecule has 0 heterocycles. The Morgan fingerprint density at radius 1 is 1.39 bits per heavy atom.